The van der Waals surface area contributed by atoms with Gasteiger partial charge in [0.1, 0.15) is 22.5 Å². The molecule has 0 amide bonds. The Morgan fingerprint density at radius 2 is 2.04 bits per heavy atom. The molecule has 118 valence electrons. The van der Waals surface area contributed by atoms with Crippen LogP contribution < -0.4 is 5.32 Å². The van der Waals surface area contributed by atoms with Crippen molar-refractivity contribution >= 4 is 33.3 Å². The van der Waals surface area contributed by atoms with Gasteiger partial charge in [-0.3, -0.25) is 4.79 Å². The number of hydrogen-bond acceptors (Lipinski definition) is 5. The minimum atomic E-state index is -0.909. The molecule has 0 saturated carbocycles. The van der Waals surface area contributed by atoms with E-state index in [1.807, 2.05) is 43.3 Å². The Morgan fingerprint density at radius 1 is 1.30 bits per heavy atom. The van der Waals surface area contributed by atoms with Crippen molar-refractivity contribution in [2.75, 3.05) is 5.32 Å². The van der Waals surface area contributed by atoms with Crippen molar-refractivity contribution in [1.29, 1.82) is 0 Å². The predicted octanol–water partition coefficient (Wildman–Crippen LogP) is 3.48. The molecule has 3 rings (SSSR count). The average Bonchev–Trinajstić information content (AvgIpc) is 2.88. The summed E-state index contributed by atoms with van der Waals surface area (Å²) in [5.41, 5.74) is 1.12. The summed E-state index contributed by atoms with van der Waals surface area (Å²) in [7, 11) is 0. The van der Waals surface area contributed by atoms with Gasteiger partial charge in [0.05, 0.1) is 5.39 Å². The molecule has 6 heteroatoms. The quantitative estimate of drug-likeness (QED) is 0.750. The van der Waals surface area contributed by atoms with E-state index in [4.69, 9.17) is 5.11 Å². The summed E-state index contributed by atoms with van der Waals surface area (Å²) < 4.78 is 0. The maximum absolute atomic E-state index is 11.1. The number of carboxylic acid groups (broad SMARTS) is 1. The van der Waals surface area contributed by atoms with Gasteiger partial charge < -0.3 is 10.4 Å². The maximum Gasteiger partial charge on any atom is 0.325 e. The van der Waals surface area contributed by atoms with E-state index in [2.05, 4.69) is 15.3 Å². The van der Waals surface area contributed by atoms with E-state index in [9.17, 15) is 4.79 Å². The van der Waals surface area contributed by atoms with Crippen LogP contribution in [0.4, 0.5) is 5.82 Å². The number of carboxylic acids is 1. The molecule has 23 heavy (non-hydrogen) atoms. The Labute approximate surface area is 138 Å². The first kappa shape index (κ1) is 15.4. The van der Waals surface area contributed by atoms with Crippen LogP contribution in [0.1, 0.15) is 23.2 Å². The number of rotatable bonds is 5. The molecule has 0 bridgehead atoms. The first-order valence-corrected chi connectivity index (χ1v) is 8.15. The van der Waals surface area contributed by atoms with E-state index in [0.717, 1.165) is 20.7 Å². The highest BCUT2D eigenvalue weighted by Gasteiger charge is 2.16. The number of fused-ring (bicyclic) bond motifs is 1. The van der Waals surface area contributed by atoms with Gasteiger partial charge in [0.15, 0.2) is 0 Å². The zero-order valence-corrected chi connectivity index (χ0v) is 13.7. The molecule has 0 aliphatic heterocycles. The summed E-state index contributed by atoms with van der Waals surface area (Å²) in [6.45, 7) is 3.61. The van der Waals surface area contributed by atoms with E-state index < -0.39 is 12.0 Å². The van der Waals surface area contributed by atoms with Gasteiger partial charge in [-0.1, -0.05) is 30.3 Å². The van der Waals surface area contributed by atoms with Gasteiger partial charge in [0.25, 0.3) is 0 Å². The minimum Gasteiger partial charge on any atom is -0.480 e. The molecular formula is C17H17N3O2S. The Hall–Kier alpha value is -2.47. The number of aliphatic carboxylic acids is 1. The highest BCUT2D eigenvalue weighted by Crippen LogP contribution is 2.29. The van der Waals surface area contributed by atoms with E-state index in [-0.39, 0.29) is 0 Å². The summed E-state index contributed by atoms with van der Waals surface area (Å²) in [5.74, 6) is 0.360. The van der Waals surface area contributed by atoms with Crippen LogP contribution in [0.15, 0.2) is 36.4 Å². The average molecular weight is 327 g/mol. The number of hydrogen-bond donors (Lipinski definition) is 2. The second-order valence-corrected chi connectivity index (χ2v) is 6.67. The SMILES string of the molecule is Cc1cc2c(NC(C)C(=O)O)nc(Cc3ccccc3)nc2s1. The number of anilines is 1. The van der Waals surface area contributed by atoms with Crippen LogP contribution in [0, 0.1) is 6.92 Å². The van der Waals surface area contributed by atoms with Crippen LogP contribution in [0.3, 0.4) is 0 Å². The Kier molecular flexibility index (Phi) is 4.25. The zero-order chi connectivity index (χ0) is 16.4. The number of aromatic nitrogens is 2. The Balaban J connectivity index is 2.01. The van der Waals surface area contributed by atoms with Crippen molar-refractivity contribution in [3.8, 4) is 0 Å². The third kappa shape index (κ3) is 3.48. The lowest BCUT2D eigenvalue weighted by Crippen LogP contribution is -2.26. The van der Waals surface area contributed by atoms with Crippen LogP contribution in [-0.2, 0) is 11.2 Å². The molecule has 3 aromatic rings. The third-order valence-corrected chi connectivity index (χ3v) is 4.44. The van der Waals surface area contributed by atoms with Crippen LogP contribution in [0.2, 0.25) is 0 Å². The molecule has 0 fully saturated rings. The van der Waals surface area contributed by atoms with Crippen molar-refractivity contribution in [1.82, 2.24) is 9.97 Å². The number of thiophene rings is 1. The number of nitrogens with one attached hydrogen (secondary N) is 1. The molecule has 2 N–H and O–H groups in total. The lowest BCUT2D eigenvalue weighted by atomic mass is 10.1. The molecule has 5 nitrogen and oxygen atoms in total. The summed E-state index contributed by atoms with van der Waals surface area (Å²) in [4.78, 5) is 22.3. The van der Waals surface area contributed by atoms with Crippen molar-refractivity contribution < 1.29 is 9.90 Å². The van der Waals surface area contributed by atoms with Crippen LogP contribution >= 0.6 is 11.3 Å². The number of benzene rings is 1. The Morgan fingerprint density at radius 3 is 2.74 bits per heavy atom. The molecule has 2 heterocycles. The summed E-state index contributed by atoms with van der Waals surface area (Å²) in [6, 6.07) is 11.3. The van der Waals surface area contributed by atoms with Crippen LogP contribution in [0.25, 0.3) is 10.2 Å². The fourth-order valence-corrected chi connectivity index (χ4v) is 3.22. The van der Waals surface area contributed by atoms with Crippen molar-refractivity contribution in [3.05, 3.63) is 52.7 Å². The normalized spacial score (nSPS) is 12.3. The molecule has 2 aromatic heterocycles. The smallest absolute Gasteiger partial charge is 0.325 e. The van der Waals surface area contributed by atoms with E-state index in [1.165, 1.54) is 0 Å². The number of aryl methyl sites for hydroxylation is 1. The molecule has 1 atom stereocenters. The van der Waals surface area contributed by atoms with Gasteiger partial charge in [-0.05, 0) is 25.5 Å². The van der Waals surface area contributed by atoms with Crippen LogP contribution in [0.5, 0.6) is 0 Å². The molecule has 0 spiro atoms. The monoisotopic (exact) mass is 327 g/mol. The Bertz CT molecular complexity index is 846. The van der Waals surface area contributed by atoms with Crippen molar-refractivity contribution in [2.24, 2.45) is 0 Å². The first-order chi connectivity index (χ1) is 11.0. The number of carbonyl (C=O) groups is 1. The molecule has 1 aromatic carbocycles. The standard InChI is InChI=1S/C17H17N3O2S/c1-10-8-13-15(18-11(2)17(21)22)19-14(20-16(13)23-10)9-12-6-4-3-5-7-12/h3-8,11H,9H2,1-2H3,(H,21,22)(H,18,19,20). The molecule has 0 aliphatic rings. The molecule has 0 aliphatic carbocycles. The van der Waals surface area contributed by atoms with Crippen molar-refractivity contribution in [2.45, 2.75) is 26.3 Å². The van der Waals surface area contributed by atoms with E-state index in [1.54, 1.807) is 18.3 Å². The second-order valence-electron chi connectivity index (χ2n) is 5.43. The largest absolute Gasteiger partial charge is 0.480 e. The number of nitrogens with zero attached hydrogens (tertiary/aromatic N) is 2. The fourth-order valence-electron chi connectivity index (χ4n) is 2.32. The topological polar surface area (TPSA) is 75.1 Å². The van der Waals surface area contributed by atoms with Gasteiger partial charge in [-0.25, -0.2) is 9.97 Å². The van der Waals surface area contributed by atoms with Gasteiger partial charge >= 0.3 is 5.97 Å². The summed E-state index contributed by atoms with van der Waals surface area (Å²) in [6.07, 6.45) is 0.615. The molecule has 0 radical (unpaired) electrons. The van der Waals surface area contributed by atoms with Crippen molar-refractivity contribution in [3.63, 3.8) is 0 Å². The highest BCUT2D eigenvalue weighted by molar-refractivity contribution is 7.18. The molecule has 0 saturated heterocycles. The van der Waals surface area contributed by atoms with E-state index >= 15 is 0 Å². The first-order valence-electron chi connectivity index (χ1n) is 7.33. The second kappa shape index (κ2) is 6.34. The molecular weight excluding hydrogens is 310 g/mol. The van der Waals surface area contributed by atoms with Crippen LogP contribution in [-0.4, -0.2) is 27.1 Å². The van der Waals surface area contributed by atoms with Gasteiger partial charge in [0.2, 0.25) is 0 Å². The lowest BCUT2D eigenvalue weighted by molar-refractivity contribution is -0.137. The van der Waals surface area contributed by atoms with Gasteiger partial charge in [0, 0.05) is 11.3 Å². The zero-order valence-electron chi connectivity index (χ0n) is 12.9. The fraction of sp³-hybridized carbons (Fsp3) is 0.235. The van der Waals surface area contributed by atoms with Gasteiger partial charge in [-0.15, -0.1) is 11.3 Å². The molecule has 1 unspecified atom stereocenters. The highest BCUT2D eigenvalue weighted by atomic mass is 32.1. The maximum atomic E-state index is 11.1. The minimum absolute atomic E-state index is 0.584. The summed E-state index contributed by atoms with van der Waals surface area (Å²) in [5, 5.41) is 13.0. The third-order valence-electron chi connectivity index (χ3n) is 3.49. The van der Waals surface area contributed by atoms with Gasteiger partial charge in [-0.2, -0.15) is 0 Å². The lowest BCUT2D eigenvalue weighted by Gasteiger charge is -2.12. The summed E-state index contributed by atoms with van der Waals surface area (Å²) >= 11 is 1.59. The predicted molar refractivity (Wildman–Crippen MR) is 92.1 cm³/mol. The van der Waals surface area contributed by atoms with E-state index in [0.29, 0.717) is 18.1 Å².